The first-order valence-electron chi connectivity index (χ1n) is 7.22. The predicted octanol–water partition coefficient (Wildman–Crippen LogP) is 3.32. The number of aromatic hydroxyl groups is 1. The summed E-state index contributed by atoms with van der Waals surface area (Å²) >= 11 is 5.77. The Morgan fingerprint density at radius 3 is 2.72 bits per heavy atom. The summed E-state index contributed by atoms with van der Waals surface area (Å²) in [5, 5.41) is 16.2. The zero-order valence-electron chi connectivity index (χ0n) is 13.2. The summed E-state index contributed by atoms with van der Waals surface area (Å²) in [4.78, 5) is 23.8. The second-order valence-electron chi connectivity index (χ2n) is 5.18. The number of nitrogens with zero attached hydrogens (tertiary/aromatic N) is 1. The zero-order chi connectivity index (χ0) is 18.4. The molecule has 130 valence electrons. The third-order valence-corrected chi connectivity index (χ3v) is 3.31. The Bertz CT molecular complexity index is 840. The summed E-state index contributed by atoms with van der Waals surface area (Å²) in [6, 6.07) is 9.52. The largest absolute Gasteiger partial charge is 0.507 e. The lowest BCUT2D eigenvalue weighted by Gasteiger charge is -2.06. The minimum atomic E-state index is -0.662. The van der Waals surface area contributed by atoms with Crippen LogP contribution in [0.25, 0.3) is 0 Å². The topological polar surface area (TPSA) is 90.8 Å². The predicted molar refractivity (Wildman–Crippen MR) is 93.3 cm³/mol. The number of amides is 2. The van der Waals surface area contributed by atoms with E-state index in [4.69, 9.17) is 11.6 Å². The fraction of sp³-hybridized carbons (Fsp3) is 0.118. The molecular weight excluding hydrogens is 349 g/mol. The molecule has 3 N–H and O–H groups in total. The fourth-order valence-electron chi connectivity index (χ4n) is 1.94. The van der Waals surface area contributed by atoms with E-state index in [1.165, 1.54) is 36.4 Å². The minimum Gasteiger partial charge on any atom is -0.507 e. The molecule has 2 aromatic rings. The molecule has 0 aliphatic rings. The molecule has 25 heavy (non-hydrogen) atoms. The van der Waals surface area contributed by atoms with Crippen LogP contribution in [0.15, 0.2) is 47.6 Å². The van der Waals surface area contributed by atoms with Crippen LogP contribution in [-0.2, 0) is 4.79 Å². The van der Waals surface area contributed by atoms with E-state index in [9.17, 15) is 19.1 Å². The van der Waals surface area contributed by atoms with E-state index >= 15 is 0 Å². The highest BCUT2D eigenvalue weighted by Gasteiger charge is 2.12. The van der Waals surface area contributed by atoms with E-state index in [1.54, 1.807) is 13.0 Å². The Labute approximate surface area is 148 Å². The van der Waals surface area contributed by atoms with Gasteiger partial charge in [0.25, 0.3) is 5.91 Å². The van der Waals surface area contributed by atoms with Gasteiger partial charge in [0.05, 0.1) is 12.0 Å². The number of carbonyl (C=O) groups excluding carboxylic acids is 2. The molecule has 0 radical (unpaired) electrons. The highest BCUT2D eigenvalue weighted by Crippen LogP contribution is 2.21. The molecule has 2 rings (SSSR count). The van der Waals surface area contributed by atoms with E-state index in [1.807, 2.05) is 0 Å². The monoisotopic (exact) mass is 363 g/mol. The number of hydrazone groups is 1. The number of carbonyl (C=O) groups is 2. The molecule has 6 nitrogen and oxygen atoms in total. The van der Waals surface area contributed by atoms with Crippen LogP contribution in [-0.4, -0.2) is 22.6 Å². The van der Waals surface area contributed by atoms with Crippen molar-refractivity contribution in [2.75, 3.05) is 5.32 Å². The second-order valence-corrected chi connectivity index (χ2v) is 5.62. The standard InChI is InChI=1S/C17H15ClFN3O3/c1-10(7-16(24)20-13-4-2-3-12(19)9-13)21-22-17(25)14-8-11(18)5-6-15(14)23/h2-6,8-9,23H,7H2,1H3,(H,20,24)(H,22,25). The second kappa shape index (κ2) is 8.25. The van der Waals surface area contributed by atoms with Gasteiger partial charge in [0.1, 0.15) is 11.6 Å². The van der Waals surface area contributed by atoms with Crippen LogP contribution in [0.4, 0.5) is 10.1 Å². The molecule has 8 heteroatoms. The highest BCUT2D eigenvalue weighted by atomic mass is 35.5. The molecule has 0 aliphatic carbocycles. The molecule has 0 atom stereocenters. The maximum Gasteiger partial charge on any atom is 0.275 e. The highest BCUT2D eigenvalue weighted by molar-refractivity contribution is 6.31. The van der Waals surface area contributed by atoms with E-state index in [2.05, 4.69) is 15.8 Å². The summed E-state index contributed by atoms with van der Waals surface area (Å²) in [6.45, 7) is 1.54. The number of hydrogen-bond acceptors (Lipinski definition) is 4. The van der Waals surface area contributed by atoms with Crippen LogP contribution in [0, 0.1) is 5.82 Å². The first-order chi connectivity index (χ1) is 11.8. The zero-order valence-corrected chi connectivity index (χ0v) is 14.0. The van der Waals surface area contributed by atoms with Gasteiger partial charge in [-0.2, -0.15) is 5.10 Å². The number of phenols is 1. The van der Waals surface area contributed by atoms with E-state index < -0.39 is 17.6 Å². The number of nitrogens with one attached hydrogen (secondary N) is 2. The molecule has 0 bridgehead atoms. The fourth-order valence-corrected chi connectivity index (χ4v) is 2.11. The van der Waals surface area contributed by atoms with Gasteiger partial charge in [0.15, 0.2) is 0 Å². The van der Waals surface area contributed by atoms with Crippen molar-refractivity contribution in [3.8, 4) is 5.75 Å². The van der Waals surface area contributed by atoms with Gasteiger partial charge in [-0.15, -0.1) is 0 Å². The smallest absolute Gasteiger partial charge is 0.275 e. The van der Waals surface area contributed by atoms with Crippen LogP contribution < -0.4 is 10.7 Å². The average Bonchev–Trinajstić information content (AvgIpc) is 2.54. The van der Waals surface area contributed by atoms with Crippen molar-refractivity contribution in [1.82, 2.24) is 5.43 Å². The Morgan fingerprint density at radius 2 is 2.00 bits per heavy atom. The Balaban J connectivity index is 1.93. The summed E-state index contributed by atoms with van der Waals surface area (Å²) in [5.41, 5.74) is 2.85. The van der Waals surface area contributed by atoms with Crippen molar-refractivity contribution >= 4 is 34.8 Å². The van der Waals surface area contributed by atoms with Gasteiger partial charge < -0.3 is 10.4 Å². The SMILES string of the molecule is CC(CC(=O)Nc1cccc(F)c1)=NNC(=O)c1cc(Cl)ccc1O. The number of anilines is 1. The minimum absolute atomic E-state index is 0.0340. The Morgan fingerprint density at radius 1 is 1.24 bits per heavy atom. The molecule has 0 aliphatic heterocycles. The van der Waals surface area contributed by atoms with Gasteiger partial charge in [-0.05, 0) is 43.3 Å². The number of halogens is 2. The molecule has 0 saturated heterocycles. The molecule has 0 spiro atoms. The Hall–Kier alpha value is -2.93. The van der Waals surface area contributed by atoms with Crippen molar-refractivity contribution in [3.63, 3.8) is 0 Å². The average molecular weight is 364 g/mol. The van der Waals surface area contributed by atoms with Crippen LogP contribution in [0.2, 0.25) is 5.02 Å². The third-order valence-electron chi connectivity index (χ3n) is 3.08. The Kier molecular flexibility index (Phi) is 6.08. The molecule has 0 aromatic heterocycles. The van der Waals surface area contributed by atoms with Crippen molar-refractivity contribution in [3.05, 3.63) is 58.9 Å². The summed E-state index contributed by atoms with van der Waals surface area (Å²) in [5.74, 6) is -1.77. The van der Waals surface area contributed by atoms with E-state index in [0.29, 0.717) is 11.4 Å². The number of benzene rings is 2. The van der Waals surface area contributed by atoms with Crippen molar-refractivity contribution < 1.29 is 19.1 Å². The number of rotatable bonds is 5. The number of hydrogen-bond donors (Lipinski definition) is 3. The lowest BCUT2D eigenvalue weighted by Crippen LogP contribution is -2.21. The lowest BCUT2D eigenvalue weighted by molar-refractivity contribution is -0.115. The maximum atomic E-state index is 13.1. The first-order valence-corrected chi connectivity index (χ1v) is 7.60. The quantitative estimate of drug-likeness (QED) is 0.562. The van der Waals surface area contributed by atoms with Crippen LogP contribution in [0.3, 0.4) is 0 Å². The van der Waals surface area contributed by atoms with Gasteiger partial charge in [-0.25, -0.2) is 9.82 Å². The molecule has 2 aromatic carbocycles. The van der Waals surface area contributed by atoms with Crippen LogP contribution in [0.1, 0.15) is 23.7 Å². The van der Waals surface area contributed by atoms with Gasteiger partial charge in [-0.3, -0.25) is 9.59 Å². The van der Waals surface area contributed by atoms with Crippen molar-refractivity contribution in [2.45, 2.75) is 13.3 Å². The van der Waals surface area contributed by atoms with Crippen LogP contribution in [0.5, 0.6) is 5.75 Å². The van der Waals surface area contributed by atoms with Gasteiger partial charge in [-0.1, -0.05) is 17.7 Å². The normalized spacial score (nSPS) is 11.1. The first kappa shape index (κ1) is 18.4. The number of phenolic OH excluding ortho intramolecular Hbond substituents is 1. The lowest BCUT2D eigenvalue weighted by atomic mass is 10.2. The molecule has 0 saturated carbocycles. The molecule has 0 unspecified atom stereocenters. The van der Waals surface area contributed by atoms with Gasteiger partial charge in [0, 0.05) is 16.4 Å². The van der Waals surface area contributed by atoms with Gasteiger partial charge in [0.2, 0.25) is 5.91 Å². The summed E-state index contributed by atoms with van der Waals surface area (Å²) < 4.78 is 13.1. The summed E-state index contributed by atoms with van der Waals surface area (Å²) in [6.07, 6.45) is -0.0989. The molecule has 2 amide bonds. The van der Waals surface area contributed by atoms with E-state index in [-0.39, 0.29) is 22.8 Å². The third kappa shape index (κ3) is 5.58. The van der Waals surface area contributed by atoms with E-state index in [0.717, 1.165) is 0 Å². The molecular formula is C17H15ClFN3O3. The van der Waals surface area contributed by atoms with Crippen molar-refractivity contribution in [1.29, 1.82) is 0 Å². The van der Waals surface area contributed by atoms with Gasteiger partial charge >= 0.3 is 0 Å². The van der Waals surface area contributed by atoms with Crippen LogP contribution >= 0.6 is 11.6 Å². The molecule has 0 fully saturated rings. The van der Waals surface area contributed by atoms with Crippen molar-refractivity contribution in [2.24, 2.45) is 5.10 Å². The maximum absolute atomic E-state index is 13.1. The molecule has 0 heterocycles. The summed E-state index contributed by atoms with van der Waals surface area (Å²) in [7, 11) is 0.